The van der Waals surface area contributed by atoms with Gasteiger partial charge in [-0.25, -0.2) is 0 Å². The third kappa shape index (κ3) is 5.14. The number of aliphatic carboxylic acids is 1. The van der Waals surface area contributed by atoms with Crippen molar-refractivity contribution in [2.75, 3.05) is 11.4 Å². The van der Waals surface area contributed by atoms with Gasteiger partial charge in [0.1, 0.15) is 5.75 Å². The van der Waals surface area contributed by atoms with Gasteiger partial charge in [0.25, 0.3) is 12.4 Å². The van der Waals surface area contributed by atoms with Crippen LogP contribution in [0.4, 0.5) is 9.57 Å². The number of nitrogens with zero attached hydrogens (tertiary/aromatic N) is 1. The highest BCUT2D eigenvalue weighted by molar-refractivity contribution is 7.89. The average molecular weight is 427 g/mol. The van der Waals surface area contributed by atoms with E-state index in [1.165, 1.54) is 0 Å². The minimum atomic E-state index is -0.977. The maximum atomic E-state index is 12.5. The van der Waals surface area contributed by atoms with Crippen molar-refractivity contribution in [1.29, 1.82) is 0 Å². The molecule has 7 heteroatoms. The predicted molar refractivity (Wildman–Crippen MR) is 115 cm³/mol. The molecule has 5 nitrogen and oxygen atoms in total. The Morgan fingerprint density at radius 2 is 1.80 bits per heavy atom. The number of carbonyl (C=O) groups is 2. The van der Waals surface area contributed by atoms with Crippen LogP contribution >= 0.6 is 12.4 Å². The molecule has 0 saturated carbocycles. The molecule has 0 spiro atoms. The van der Waals surface area contributed by atoms with Crippen molar-refractivity contribution in [1.82, 2.24) is 0 Å². The molecule has 0 bridgehead atoms. The number of anilines is 1. The molecule has 30 heavy (non-hydrogen) atoms. The van der Waals surface area contributed by atoms with E-state index in [0.717, 1.165) is 28.8 Å². The summed E-state index contributed by atoms with van der Waals surface area (Å²) in [6.45, 7) is 4.82. The van der Waals surface area contributed by atoms with Gasteiger partial charge in [0.05, 0.1) is 6.42 Å². The quantitative estimate of drug-likeness (QED) is 0.544. The molecule has 1 amide bonds. The van der Waals surface area contributed by atoms with Crippen molar-refractivity contribution < 1.29 is 22.8 Å². The number of benzene rings is 2. The van der Waals surface area contributed by atoms with Crippen LogP contribution in [0.5, 0.6) is 5.75 Å². The Morgan fingerprint density at radius 1 is 1.13 bits per heavy atom. The van der Waals surface area contributed by atoms with E-state index in [1.807, 2.05) is 18.2 Å². The van der Waals surface area contributed by atoms with Gasteiger partial charge in [-0.1, -0.05) is 25.7 Å². The third-order valence-electron chi connectivity index (χ3n) is 5.16. The van der Waals surface area contributed by atoms with E-state index in [1.54, 1.807) is 29.2 Å². The maximum absolute atomic E-state index is 12.5. The molecule has 0 radical (unpaired) electrons. The molecule has 1 heterocycles. The van der Waals surface area contributed by atoms with Gasteiger partial charge < -0.3 is 14.2 Å². The van der Waals surface area contributed by atoms with Gasteiger partial charge in [-0.15, -0.1) is 3.89 Å². The molecule has 0 unspecified atom stereocenters. The molecular formula is C23H22FNO4S. The highest BCUT2D eigenvalue weighted by atomic mass is 32.2. The van der Waals surface area contributed by atoms with Gasteiger partial charge >= 0.3 is 5.97 Å². The Hall–Kier alpha value is -2.98. The van der Waals surface area contributed by atoms with Crippen LogP contribution in [-0.2, 0) is 15.0 Å². The lowest BCUT2D eigenvalue weighted by Crippen LogP contribution is -2.41. The fourth-order valence-corrected chi connectivity index (χ4v) is 3.60. The zero-order valence-electron chi connectivity index (χ0n) is 16.8. The summed E-state index contributed by atoms with van der Waals surface area (Å²) in [5, 5.41) is 8.86. The molecule has 0 fully saturated rings. The van der Waals surface area contributed by atoms with Gasteiger partial charge in [0.2, 0.25) is 5.91 Å². The van der Waals surface area contributed by atoms with E-state index < -0.39 is 5.97 Å². The van der Waals surface area contributed by atoms with Crippen LogP contribution in [0.1, 0.15) is 49.8 Å². The Morgan fingerprint density at radius 3 is 2.47 bits per heavy atom. The zero-order chi connectivity index (χ0) is 21.7. The molecule has 0 aliphatic carbocycles. The number of amides is 1. The van der Waals surface area contributed by atoms with Crippen molar-refractivity contribution in [3.05, 3.63) is 59.2 Å². The summed E-state index contributed by atoms with van der Waals surface area (Å²) in [5.74, 6) is 5.47. The monoisotopic (exact) mass is 427 g/mol. The van der Waals surface area contributed by atoms with Gasteiger partial charge in [-0.2, -0.15) is 0 Å². The van der Waals surface area contributed by atoms with E-state index in [4.69, 9.17) is 9.29 Å². The first kappa shape index (κ1) is 21.7. The SMILES string of the molecule is CC1(C)CCN(C(=O)CCC(=O)O)c2ccc(C#Cc3ccc(OSF)cc3)cc21. The van der Waals surface area contributed by atoms with Gasteiger partial charge in [-0.3, -0.25) is 9.59 Å². The maximum Gasteiger partial charge on any atom is 0.303 e. The van der Waals surface area contributed by atoms with Gasteiger partial charge in [0, 0.05) is 29.8 Å². The highest BCUT2D eigenvalue weighted by Gasteiger charge is 2.33. The summed E-state index contributed by atoms with van der Waals surface area (Å²) >= 11 is -0.203. The molecule has 2 aromatic carbocycles. The number of halogens is 1. The van der Waals surface area contributed by atoms with Crippen LogP contribution in [-0.4, -0.2) is 23.5 Å². The molecule has 156 valence electrons. The second-order valence-electron chi connectivity index (χ2n) is 7.73. The van der Waals surface area contributed by atoms with E-state index in [2.05, 4.69) is 25.7 Å². The molecule has 0 aromatic heterocycles. The third-order valence-corrected chi connectivity index (χ3v) is 5.42. The van der Waals surface area contributed by atoms with Crippen LogP contribution in [0.2, 0.25) is 0 Å². The largest absolute Gasteiger partial charge is 0.481 e. The number of carboxylic acid groups (broad SMARTS) is 1. The zero-order valence-corrected chi connectivity index (χ0v) is 17.6. The van der Waals surface area contributed by atoms with Gasteiger partial charge in [-0.05, 0) is 59.9 Å². The average Bonchev–Trinajstić information content (AvgIpc) is 2.72. The summed E-state index contributed by atoms with van der Waals surface area (Å²) in [4.78, 5) is 25.0. The first-order valence-corrected chi connectivity index (χ1v) is 10.2. The van der Waals surface area contributed by atoms with Crippen LogP contribution in [0.3, 0.4) is 0 Å². The molecule has 1 aliphatic heterocycles. The topological polar surface area (TPSA) is 66.8 Å². The lowest BCUT2D eigenvalue weighted by molar-refractivity contribution is -0.138. The molecular weight excluding hydrogens is 405 g/mol. The second-order valence-corrected chi connectivity index (χ2v) is 8.02. The first-order valence-electron chi connectivity index (χ1n) is 9.54. The minimum absolute atomic E-state index is 0.0165. The lowest BCUT2D eigenvalue weighted by atomic mass is 9.77. The van der Waals surface area contributed by atoms with Crippen molar-refractivity contribution in [2.45, 2.75) is 38.5 Å². The fourth-order valence-electron chi connectivity index (χ4n) is 3.42. The molecule has 2 aromatic rings. The second kappa shape index (κ2) is 9.23. The number of carboxylic acids is 1. The standard InChI is InChI=1S/C23H22FNO4S/c1-23(2)13-14-25(21(26)11-12-22(27)28)20-10-7-17(15-19(20)23)4-3-16-5-8-18(9-6-16)29-30-24/h5-10,15H,11-14H2,1-2H3,(H,27,28). The summed E-state index contributed by atoms with van der Waals surface area (Å²) < 4.78 is 16.8. The van der Waals surface area contributed by atoms with E-state index in [0.29, 0.717) is 12.3 Å². The summed E-state index contributed by atoms with van der Waals surface area (Å²) in [7, 11) is 0. The van der Waals surface area contributed by atoms with Crippen molar-refractivity contribution >= 4 is 30.0 Å². The Bertz CT molecular complexity index is 1010. The number of rotatable bonds is 5. The molecule has 1 N–H and O–H groups in total. The Labute approximate surface area is 179 Å². The van der Waals surface area contributed by atoms with Crippen molar-refractivity contribution in [3.63, 3.8) is 0 Å². The van der Waals surface area contributed by atoms with Crippen LogP contribution in [0.15, 0.2) is 42.5 Å². The Balaban J connectivity index is 1.85. The summed E-state index contributed by atoms with van der Waals surface area (Å²) in [5.41, 5.74) is 3.31. The first-order chi connectivity index (χ1) is 14.3. The number of hydrogen-bond acceptors (Lipinski definition) is 4. The van der Waals surface area contributed by atoms with E-state index in [9.17, 15) is 13.5 Å². The Kier molecular flexibility index (Phi) is 6.68. The van der Waals surface area contributed by atoms with Crippen LogP contribution in [0.25, 0.3) is 0 Å². The fraction of sp³-hybridized carbons (Fsp3) is 0.304. The molecule has 0 saturated heterocycles. The number of carbonyl (C=O) groups excluding carboxylic acids is 1. The number of hydrogen-bond donors (Lipinski definition) is 1. The highest BCUT2D eigenvalue weighted by Crippen LogP contribution is 2.40. The number of fused-ring (bicyclic) bond motifs is 1. The summed E-state index contributed by atoms with van der Waals surface area (Å²) in [6.07, 6.45) is 0.590. The minimum Gasteiger partial charge on any atom is -0.481 e. The van der Waals surface area contributed by atoms with Crippen LogP contribution in [0, 0.1) is 11.8 Å². The lowest BCUT2D eigenvalue weighted by Gasteiger charge is -2.39. The van der Waals surface area contributed by atoms with Crippen molar-refractivity contribution in [3.8, 4) is 17.6 Å². The molecule has 1 aliphatic rings. The van der Waals surface area contributed by atoms with E-state index >= 15 is 0 Å². The molecule has 0 atom stereocenters. The summed E-state index contributed by atoms with van der Waals surface area (Å²) in [6, 6.07) is 12.5. The van der Waals surface area contributed by atoms with Gasteiger partial charge in [0.15, 0.2) is 0 Å². The van der Waals surface area contributed by atoms with Crippen LogP contribution < -0.4 is 9.08 Å². The predicted octanol–water partition coefficient (Wildman–Crippen LogP) is 4.88. The normalized spacial score (nSPS) is 14.3. The smallest absolute Gasteiger partial charge is 0.303 e. The van der Waals surface area contributed by atoms with Crippen molar-refractivity contribution in [2.24, 2.45) is 0 Å². The molecule has 3 rings (SSSR count). The van der Waals surface area contributed by atoms with E-state index in [-0.39, 0.29) is 36.6 Å².